The van der Waals surface area contributed by atoms with Crippen molar-refractivity contribution in [2.75, 3.05) is 5.32 Å². The normalized spacial score (nSPS) is 10.8. The predicted molar refractivity (Wildman–Crippen MR) is 77.0 cm³/mol. The Hall–Kier alpha value is -2.36. The summed E-state index contributed by atoms with van der Waals surface area (Å²) in [6, 6.07) is 10.2. The molecule has 4 heteroatoms. The lowest BCUT2D eigenvalue weighted by molar-refractivity contribution is 0.756. The summed E-state index contributed by atoms with van der Waals surface area (Å²) in [7, 11) is 1.94. The van der Waals surface area contributed by atoms with Gasteiger partial charge in [0, 0.05) is 42.6 Å². The predicted octanol–water partition coefficient (Wildman–Crippen LogP) is 2.89. The van der Waals surface area contributed by atoms with Crippen molar-refractivity contribution < 1.29 is 0 Å². The number of rotatable bonds is 3. The molecule has 0 unspecified atom stereocenters. The standard InChI is InChI=1S/C15H16N4/c1-11-12(10-19(2)18-11)9-17-15-7-3-6-14-13(15)5-4-8-16-14/h3-8,10,17H,9H2,1-2H3. The lowest BCUT2D eigenvalue weighted by Crippen LogP contribution is -2.00. The van der Waals surface area contributed by atoms with Crippen molar-refractivity contribution in [3.8, 4) is 0 Å². The number of pyridine rings is 1. The number of nitrogens with one attached hydrogen (secondary N) is 1. The highest BCUT2D eigenvalue weighted by Crippen LogP contribution is 2.22. The molecule has 0 spiro atoms. The fourth-order valence-corrected chi connectivity index (χ4v) is 2.27. The summed E-state index contributed by atoms with van der Waals surface area (Å²) in [6.07, 6.45) is 3.86. The van der Waals surface area contributed by atoms with Gasteiger partial charge in [0.1, 0.15) is 0 Å². The van der Waals surface area contributed by atoms with Gasteiger partial charge < -0.3 is 5.32 Å². The van der Waals surface area contributed by atoms with E-state index < -0.39 is 0 Å². The van der Waals surface area contributed by atoms with Gasteiger partial charge in [0.05, 0.1) is 11.2 Å². The number of anilines is 1. The fraction of sp³-hybridized carbons (Fsp3) is 0.200. The van der Waals surface area contributed by atoms with Gasteiger partial charge in [-0.3, -0.25) is 9.67 Å². The summed E-state index contributed by atoms with van der Waals surface area (Å²) >= 11 is 0. The van der Waals surface area contributed by atoms with Crippen LogP contribution in [0.4, 0.5) is 5.69 Å². The molecule has 0 aliphatic carbocycles. The van der Waals surface area contributed by atoms with Gasteiger partial charge in [-0.2, -0.15) is 5.10 Å². The Bertz CT molecular complexity index is 710. The van der Waals surface area contributed by atoms with Gasteiger partial charge in [0.15, 0.2) is 0 Å². The molecule has 19 heavy (non-hydrogen) atoms. The molecule has 3 aromatic rings. The number of aromatic nitrogens is 3. The molecule has 1 aromatic carbocycles. The summed E-state index contributed by atoms with van der Waals surface area (Å²) in [5.74, 6) is 0. The molecule has 3 rings (SSSR count). The SMILES string of the molecule is Cc1nn(C)cc1CNc1cccc2ncccc12. The number of benzene rings is 1. The Morgan fingerprint density at radius 1 is 1.21 bits per heavy atom. The van der Waals surface area contributed by atoms with Crippen LogP contribution >= 0.6 is 0 Å². The van der Waals surface area contributed by atoms with Crippen molar-refractivity contribution in [3.63, 3.8) is 0 Å². The minimum Gasteiger partial charge on any atom is -0.380 e. The molecular formula is C15H16N4. The van der Waals surface area contributed by atoms with Crippen LogP contribution in [-0.4, -0.2) is 14.8 Å². The minimum atomic E-state index is 0.772. The van der Waals surface area contributed by atoms with Crippen molar-refractivity contribution in [3.05, 3.63) is 54.0 Å². The maximum Gasteiger partial charge on any atom is 0.0722 e. The lowest BCUT2D eigenvalue weighted by Gasteiger charge is -2.08. The summed E-state index contributed by atoms with van der Waals surface area (Å²) < 4.78 is 1.84. The second-order valence-corrected chi connectivity index (χ2v) is 4.64. The number of nitrogens with zero attached hydrogens (tertiary/aromatic N) is 3. The number of aryl methyl sites for hydroxylation is 2. The third kappa shape index (κ3) is 2.29. The number of hydrogen-bond acceptors (Lipinski definition) is 3. The van der Waals surface area contributed by atoms with Gasteiger partial charge >= 0.3 is 0 Å². The van der Waals surface area contributed by atoms with Crippen LogP contribution in [0, 0.1) is 6.92 Å². The molecule has 4 nitrogen and oxygen atoms in total. The van der Waals surface area contributed by atoms with Crippen molar-refractivity contribution in [1.29, 1.82) is 0 Å². The Labute approximate surface area is 112 Å². The first-order chi connectivity index (χ1) is 9.24. The van der Waals surface area contributed by atoms with Crippen LogP contribution in [0.2, 0.25) is 0 Å². The second-order valence-electron chi connectivity index (χ2n) is 4.64. The van der Waals surface area contributed by atoms with Crippen molar-refractivity contribution >= 4 is 16.6 Å². The molecule has 2 aromatic heterocycles. The average Bonchev–Trinajstić information content (AvgIpc) is 2.74. The largest absolute Gasteiger partial charge is 0.380 e. The summed E-state index contributed by atoms with van der Waals surface area (Å²) in [4.78, 5) is 4.36. The molecule has 0 fully saturated rings. The number of hydrogen-bond donors (Lipinski definition) is 1. The molecule has 0 atom stereocenters. The monoisotopic (exact) mass is 252 g/mol. The Kier molecular flexibility index (Phi) is 2.91. The van der Waals surface area contributed by atoms with Crippen LogP contribution in [0.25, 0.3) is 10.9 Å². The van der Waals surface area contributed by atoms with Gasteiger partial charge in [-0.05, 0) is 31.2 Å². The molecule has 0 radical (unpaired) electrons. The first kappa shape index (κ1) is 11.7. The highest BCUT2D eigenvalue weighted by Gasteiger charge is 2.04. The fourth-order valence-electron chi connectivity index (χ4n) is 2.27. The third-order valence-corrected chi connectivity index (χ3v) is 3.23. The van der Waals surface area contributed by atoms with Crippen LogP contribution in [-0.2, 0) is 13.6 Å². The van der Waals surface area contributed by atoms with Crippen molar-refractivity contribution in [2.24, 2.45) is 7.05 Å². The van der Waals surface area contributed by atoms with Gasteiger partial charge in [-0.1, -0.05) is 6.07 Å². The first-order valence-corrected chi connectivity index (χ1v) is 6.31. The summed E-state index contributed by atoms with van der Waals surface area (Å²) in [6.45, 7) is 2.80. The molecule has 0 saturated carbocycles. The van der Waals surface area contributed by atoms with E-state index in [2.05, 4.69) is 27.5 Å². The van der Waals surface area contributed by atoms with Crippen LogP contribution in [0.3, 0.4) is 0 Å². The maximum atomic E-state index is 4.36. The van der Waals surface area contributed by atoms with E-state index in [0.29, 0.717) is 0 Å². The van der Waals surface area contributed by atoms with E-state index in [0.717, 1.165) is 28.8 Å². The smallest absolute Gasteiger partial charge is 0.0722 e. The maximum absolute atomic E-state index is 4.36. The zero-order chi connectivity index (χ0) is 13.2. The van der Waals surface area contributed by atoms with E-state index in [1.165, 1.54) is 5.56 Å². The molecule has 0 saturated heterocycles. The highest BCUT2D eigenvalue weighted by atomic mass is 15.2. The van der Waals surface area contributed by atoms with Gasteiger partial charge in [-0.15, -0.1) is 0 Å². The van der Waals surface area contributed by atoms with Gasteiger partial charge in [-0.25, -0.2) is 0 Å². The number of fused-ring (bicyclic) bond motifs is 1. The van der Waals surface area contributed by atoms with Crippen molar-refractivity contribution in [1.82, 2.24) is 14.8 Å². The third-order valence-electron chi connectivity index (χ3n) is 3.23. The summed E-state index contributed by atoms with van der Waals surface area (Å²) in [5.41, 5.74) is 4.39. The van der Waals surface area contributed by atoms with Crippen molar-refractivity contribution in [2.45, 2.75) is 13.5 Å². The average molecular weight is 252 g/mol. The molecule has 0 bridgehead atoms. The molecular weight excluding hydrogens is 236 g/mol. The van der Waals surface area contributed by atoms with E-state index in [1.807, 2.05) is 49.2 Å². The van der Waals surface area contributed by atoms with Gasteiger partial charge in [0.2, 0.25) is 0 Å². The van der Waals surface area contributed by atoms with Crippen LogP contribution < -0.4 is 5.32 Å². The topological polar surface area (TPSA) is 42.7 Å². The van der Waals surface area contributed by atoms with Crippen LogP contribution in [0.15, 0.2) is 42.7 Å². The highest BCUT2D eigenvalue weighted by molar-refractivity contribution is 5.91. The van der Waals surface area contributed by atoms with E-state index in [9.17, 15) is 0 Å². The Morgan fingerprint density at radius 3 is 2.89 bits per heavy atom. The molecule has 2 heterocycles. The lowest BCUT2D eigenvalue weighted by atomic mass is 10.1. The zero-order valence-corrected chi connectivity index (χ0v) is 11.1. The molecule has 0 aliphatic heterocycles. The van der Waals surface area contributed by atoms with Crippen LogP contribution in [0.5, 0.6) is 0 Å². The molecule has 0 aliphatic rings. The minimum absolute atomic E-state index is 0.772. The summed E-state index contributed by atoms with van der Waals surface area (Å²) in [5, 5.41) is 8.96. The molecule has 0 amide bonds. The van der Waals surface area contributed by atoms with E-state index in [-0.39, 0.29) is 0 Å². The Morgan fingerprint density at radius 2 is 2.11 bits per heavy atom. The first-order valence-electron chi connectivity index (χ1n) is 6.31. The molecule has 1 N–H and O–H groups in total. The Balaban J connectivity index is 1.88. The van der Waals surface area contributed by atoms with E-state index in [4.69, 9.17) is 0 Å². The van der Waals surface area contributed by atoms with E-state index >= 15 is 0 Å². The second kappa shape index (κ2) is 4.72. The van der Waals surface area contributed by atoms with Crippen LogP contribution in [0.1, 0.15) is 11.3 Å². The zero-order valence-electron chi connectivity index (χ0n) is 11.1. The van der Waals surface area contributed by atoms with Gasteiger partial charge in [0.25, 0.3) is 0 Å². The quantitative estimate of drug-likeness (QED) is 0.779. The van der Waals surface area contributed by atoms with E-state index in [1.54, 1.807) is 0 Å². The molecule has 96 valence electrons.